The molecule has 0 saturated carbocycles. The van der Waals surface area contributed by atoms with Crippen molar-refractivity contribution in [3.63, 3.8) is 0 Å². The van der Waals surface area contributed by atoms with E-state index in [0.29, 0.717) is 13.2 Å². The SMILES string of the molecule is COCCn1cc(NCc2cc(Cl)ccc2Br)cn1. The molecule has 1 N–H and O–H groups in total. The molecule has 2 rings (SSSR count). The van der Waals surface area contributed by atoms with Gasteiger partial charge in [0.05, 0.1) is 25.0 Å². The van der Waals surface area contributed by atoms with Gasteiger partial charge in [-0.05, 0) is 23.8 Å². The zero-order valence-corrected chi connectivity index (χ0v) is 12.9. The van der Waals surface area contributed by atoms with Crippen LogP contribution in [-0.4, -0.2) is 23.5 Å². The first-order valence-corrected chi connectivity index (χ1v) is 7.05. The van der Waals surface area contributed by atoms with Gasteiger partial charge in [0.25, 0.3) is 0 Å². The number of ether oxygens (including phenoxy) is 1. The topological polar surface area (TPSA) is 39.1 Å². The molecule has 0 bridgehead atoms. The molecule has 1 heterocycles. The number of rotatable bonds is 6. The Morgan fingerprint density at radius 1 is 1.47 bits per heavy atom. The molecule has 1 aromatic heterocycles. The maximum Gasteiger partial charge on any atom is 0.0729 e. The van der Waals surface area contributed by atoms with Crippen molar-refractivity contribution in [3.8, 4) is 0 Å². The third kappa shape index (κ3) is 4.23. The molecule has 0 aliphatic rings. The largest absolute Gasteiger partial charge is 0.383 e. The van der Waals surface area contributed by atoms with E-state index in [2.05, 4.69) is 26.3 Å². The normalized spacial score (nSPS) is 10.7. The van der Waals surface area contributed by atoms with Crippen LogP contribution in [0.4, 0.5) is 5.69 Å². The zero-order chi connectivity index (χ0) is 13.7. The van der Waals surface area contributed by atoms with Crippen LogP contribution in [0, 0.1) is 0 Å². The highest BCUT2D eigenvalue weighted by Gasteiger charge is 2.02. The summed E-state index contributed by atoms with van der Waals surface area (Å²) in [6, 6.07) is 5.74. The predicted octanol–water partition coefficient (Wildman–Crippen LogP) is 3.56. The van der Waals surface area contributed by atoms with Gasteiger partial charge in [-0.15, -0.1) is 0 Å². The number of nitrogens with one attached hydrogen (secondary N) is 1. The van der Waals surface area contributed by atoms with Gasteiger partial charge >= 0.3 is 0 Å². The Morgan fingerprint density at radius 3 is 3.11 bits per heavy atom. The monoisotopic (exact) mass is 343 g/mol. The highest BCUT2D eigenvalue weighted by molar-refractivity contribution is 9.10. The molecule has 2 aromatic rings. The van der Waals surface area contributed by atoms with Crippen molar-refractivity contribution in [1.29, 1.82) is 0 Å². The van der Waals surface area contributed by atoms with Gasteiger partial charge < -0.3 is 10.1 Å². The van der Waals surface area contributed by atoms with Crippen LogP contribution in [0.5, 0.6) is 0 Å². The third-order valence-electron chi connectivity index (χ3n) is 2.65. The minimum atomic E-state index is 0.654. The number of hydrogen-bond donors (Lipinski definition) is 1. The number of hydrogen-bond acceptors (Lipinski definition) is 3. The minimum absolute atomic E-state index is 0.654. The van der Waals surface area contributed by atoms with Crippen LogP contribution in [0.1, 0.15) is 5.56 Å². The summed E-state index contributed by atoms with van der Waals surface area (Å²) in [4.78, 5) is 0. The van der Waals surface area contributed by atoms with E-state index in [0.717, 1.165) is 27.3 Å². The summed E-state index contributed by atoms with van der Waals surface area (Å²) in [5.41, 5.74) is 2.08. The van der Waals surface area contributed by atoms with Crippen LogP contribution in [0.25, 0.3) is 0 Å². The average molecular weight is 345 g/mol. The van der Waals surface area contributed by atoms with E-state index in [1.54, 1.807) is 13.3 Å². The fraction of sp³-hybridized carbons (Fsp3) is 0.308. The molecular weight excluding hydrogens is 330 g/mol. The molecule has 0 unspecified atom stereocenters. The summed E-state index contributed by atoms with van der Waals surface area (Å²) in [5, 5.41) is 8.29. The first-order chi connectivity index (χ1) is 9.19. The predicted molar refractivity (Wildman–Crippen MR) is 80.6 cm³/mol. The molecule has 0 fully saturated rings. The molecular formula is C13H15BrClN3O. The van der Waals surface area contributed by atoms with Gasteiger partial charge in [-0.25, -0.2) is 0 Å². The molecule has 0 spiro atoms. The number of anilines is 1. The van der Waals surface area contributed by atoms with E-state index in [1.807, 2.05) is 29.1 Å². The highest BCUT2D eigenvalue weighted by atomic mass is 79.9. The summed E-state index contributed by atoms with van der Waals surface area (Å²) in [5.74, 6) is 0. The molecule has 4 nitrogen and oxygen atoms in total. The van der Waals surface area contributed by atoms with Crippen molar-refractivity contribution < 1.29 is 4.74 Å². The number of aromatic nitrogens is 2. The lowest BCUT2D eigenvalue weighted by Crippen LogP contribution is -2.04. The van der Waals surface area contributed by atoms with E-state index in [1.165, 1.54) is 0 Å². The van der Waals surface area contributed by atoms with Gasteiger partial charge in [0.15, 0.2) is 0 Å². The van der Waals surface area contributed by atoms with Crippen molar-refractivity contribution in [2.45, 2.75) is 13.1 Å². The van der Waals surface area contributed by atoms with Gasteiger partial charge in [0, 0.05) is 29.3 Å². The molecule has 0 amide bonds. The van der Waals surface area contributed by atoms with Crippen LogP contribution >= 0.6 is 27.5 Å². The van der Waals surface area contributed by atoms with Crippen molar-refractivity contribution in [3.05, 3.63) is 45.7 Å². The maximum atomic E-state index is 5.98. The maximum absolute atomic E-state index is 5.98. The minimum Gasteiger partial charge on any atom is -0.383 e. The Kier molecular flexibility index (Phi) is 5.24. The fourth-order valence-corrected chi connectivity index (χ4v) is 2.22. The molecule has 1 aromatic carbocycles. The van der Waals surface area contributed by atoms with Crippen molar-refractivity contribution in [2.75, 3.05) is 19.0 Å². The number of nitrogens with zero attached hydrogens (tertiary/aromatic N) is 2. The highest BCUT2D eigenvalue weighted by Crippen LogP contribution is 2.22. The second kappa shape index (κ2) is 6.93. The molecule has 0 aliphatic carbocycles. The molecule has 0 aliphatic heterocycles. The van der Waals surface area contributed by atoms with E-state index in [9.17, 15) is 0 Å². The average Bonchev–Trinajstić information content (AvgIpc) is 2.85. The van der Waals surface area contributed by atoms with Crippen LogP contribution in [0.3, 0.4) is 0 Å². The lowest BCUT2D eigenvalue weighted by molar-refractivity contribution is 0.183. The molecule has 0 radical (unpaired) electrons. The molecule has 102 valence electrons. The summed E-state index contributed by atoms with van der Waals surface area (Å²) in [6.07, 6.45) is 3.76. The first-order valence-electron chi connectivity index (χ1n) is 5.88. The van der Waals surface area contributed by atoms with Crippen LogP contribution < -0.4 is 5.32 Å². The van der Waals surface area contributed by atoms with Crippen LogP contribution in [0.2, 0.25) is 5.02 Å². The fourth-order valence-electron chi connectivity index (χ4n) is 1.64. The van der Waals surface area contributed by atoms with Gasteiger partial charge in [-0.2, -0.15) is 5.10 Å². The second-order valence-electron chi connectivity index (χ2n) is 4.07. The smallest absolute Gasteiger partial charge is 0.0729 e. The number of benzene rings is 1. The molecule has 19 heavy (non-hydrogen) atoms. The van der Waals surface area contributed by atoms with Crippen molar-refractivity contribution in [2.24, 2.45) is 0 Å². The lowest BCUT2D eigenvalue weighted by atomic mass is 10.2. The van der Waals surface area contributed by atoms with Crippen LogP contribution in [0.15, 0.2) is 35.1 Å². The first kappa shape index (κ1) is 14.4. The molecule has 6 heteroatoms. The zero-order valence-electron chi connectivity index (χ0n) is 10.6. The van der Waals surface area contributed by atoms with Crippen molar-refractivity contribution in [1.82, 2.24) is 9.78 Å². The van der Waals surface area contributed by atoms with Crippen molar-refractivity contribution >= 4 is 33.2 Å². The van der Waals surface area contributed by atoms with E-state index < -0.39 is 0 Å². The van der Waals surface area contributed by atoms with E-state index in [-0.39, 0.29) is 0 Å². The summed E-state index contributed by atoms with van der Waals surface area (Å²) < 4.78 is 7.90. The third-order valence-corrected chi connectivity index (χ3v) is 3.66. The Labute approximate surface area is 125 Å². The summed E-state index contributed by atoms with van der Waals surface area (Å²) in [7, 11) is 1.68. The summed E-state index contributed by atoms with van der Waals surface area (Å²) >= 11 is 9.49. The Balaban J connectivity index is 1.94. The van der Waals surface area contributed by atoms with Gasteiger partial charge in [0.1, 0.15) is 0 Å². The Hall–Kier alpha value is -1.04. The lowest BCUT2D eigenvalue weighted by Gasteiger charge is -2.06. The van der Waals surface area contributed by atoms with Gasteiger partial charge in [0.2, 0.25) is 0 Å². The van der Waals surface area contributed by atoms with E-state index in [4.69, 9.17) is 16.3 Å². The van der Waals surface area contributed by atoms with Gasteiger partial charge in [-0.3, -0.25) is 4.68 Å². The standard InChI is InChI=1S/C13H15BrClN3O/c1-19-5-4-18-9-12(8-17-18)16-7-10-6-11(15)2-3-13(10)14/h2-3,6,8-9,16H,4-5,7H2,1H3. The molecule has 0 saturated heterocycles. The second-order valence-corrected chi connectivity index (χ2v) is 5.36. The number of methoxy groups -OCH3 is 1. The molecule has 0 atom stereocenters. The van der Waals surface area contributed by atoms with Gasteiger partial charge in [-0.1, -0.05) is 27.5 Å². The van der Waals surface area contributed by atoms with Crippen LogP contribution in [-0.2, 0) is 17.8 Å². The quantitative estimate of drug-likeness (QED) is 0.871. The Morgan fingerprint density at radius 2 is 2.32 bits per heavy atom. The Bertz CT molecular complexity index is 544. The number of halogens is 2. The van der Waals surface area contributed by atoms with E-state index >= 15 is 0 Å². The summed E-state index contributed by atoms with van der Waals surface area (Å²) in [6.45, 7) is 2.09.